The van der Waals surface area contributed by atoms with Gasteiger partial charge in [0.15, 0.2) is 0 Å². The van der Waals surface area contributed by atoms with Gasteiger partial charge in [0.25, 0.3) is 0 Å². The van der Waals surface area contributed by atoms with E-state index >= 15 is 0 Å². The van der Waals surface area contributed by atoms with Gasteiger partial charge in [0.05, 0.1) is 5.41 Å². The Morgan fingerprint density at radius 2 is 0.918 bits per heavy atom. The third-order valence-electron chi connectivity index (χ3n) is 9.85. The number of rotatable bonds is 8. The van der Waals surface area contributed by atoms with Crippen molar-refractivity contribution >= 4 is 11.3 Å². The van der Waals surface area contributed by atoms with Crippen molar-refractivity contribution in [1.82, 2.24) is 0 Å². The summed E-state index contributed by atoms with van der Waals surface area (Å²) in [5, 5.41) is 0. The summed E-state index contributed by atoms with van der Waals surface area (Å²) < 4.78 is 0. The highest BCUT2D eigenvalue weighted by Gasteiger charge is 2.45. The van der Waals surface area contributed by atoms with Crippen LogP contribution in [-0.4, -0.2) is 0 Å². The van der Waals surface area contributed by atoms with Crippen LogP contribution < -0.4 is 5.73 Å². The lowest BCUT2D eigenvalue weighted by Gasteiger charge is -2.34. The second-order valence-electron chi connectivity index (χ2n) is 12.7. The molecule has 2 N–H and O–H groups in total. The molecule has 0 radical (unpaired) electrons. The van der Waals surface area contributed by atoms with Gasteiger partial charge in [-0.15, -0.1) is 0 Å². The van der Waals surface area contributed by atoms with Gasteiger partial charge in [0, 0.05) is 5.70 Å². The van der Waals surface area contributed by atoms with Crippen molar-refractivity contribution in [3.05, 3.63) is 239 Å². The molecule has 0 aliphatic heterocycles. The van der Waals surface area contributed by atoms with Gasteiger partial charge in [-0.25, -0.2) is 0 Å². The van der Waals surface area contributed by atoms with Crippen molar-refractivity contribution in [2.75, 3.05) is 0 Å². The Morgan fingerprint density at radius 3 is 1.51 bits per heavy atom. The fourth-order valence-electron chi connectivity index (χ4n) is 7.46. The average molecular weight is 628 g/mol. The van der Waals surface area contributed by atoms with Gasteiger partial charge in [0.1, 0.15) is 0 Å². The lowest BCUT2D eigenvalue weighted by atomic mass is 9.67. The normalized spacial score (nSPS) is 13.5. The molecule has 7 aromatic rings. The van der Waals surface area contributed by atoms with Crippen molar-refractivity contribution in [3.63, 3.8) is 0 Å². The molecule has 7 aromatic carbocycles. The summed E-state index contributed by atoms with van der Waals surface area (Å²) in [6.07, 6.45) is 5.22. The number of nitrogens with two attached hydrogens (primary N) is 1. The minimum atomic E-state index is -0.468. The van der Waals surface area contributed by atoms with Gasteiger partial charge in [-0.05, 0) is 79.3 Å². The molecule has 0 atom stereocenters. The van der Waals surface area contributed by atoms with E-state index in [9.17, 15) is 0 Å². The molecule has 1 aliphatic rings. The Hall–Kier alpha value is -6.18. The van der Waals surface area contributed by atoms with Crippen molar-refractivity contribution in [2.24, 2.45) is 5.73 Å². The zero-order valence-electron chi connectivity index (χ0n) is 27.3. The van der Waals surface area contributed by atoms with Crippen LogP contribution in [0.1, 0.15) is 38.9 Å². The molecule has 0 unspecified atom stereocenters. The van der Waals surface area contributed by atoms with Crippen LogP contribution in [0.3, 0.4) is 0 Å². The van der Waals surface area contributed by atoms with Crippen LogP contribution in [0.5, 0.6) is 0 Å². The third kappa shape index (κ3) is 5.60. The van der Waals surface area contributed by atoms with Gasteiger partial charge >= 0.3 is 0 Å². The van der Waals surface area contributed by atoms with E-state index in [1.807, 2.05) is 0 Å². The predicted octanol–water partition coefficient (Wildman–Crippen LogP) is 11.3. The standard InChI is InChI=1S/C48H37N/c49-47(34-40(37-18-8-3-9-19-37)25-24-35-14-4-1-5-15-35)39-28-32-42(33-29-39)48(41-30-26-38(27-31-41)36-16-6-2-7-17-36)45-22-12-10-20-43(45)44-21-11-13-23-46(44)48/h1-23,25-34H,24,49H2/b40-25+,47-34-. The molecule has 0 amide bonds. The summed E-state index contributed by atoms with van der Waals surface area (Å²) in [6.45, 7) is 0. The Kier molecular flexibility index (Phi) is 8.09. The highest BCUT2D eigenvalue weighted by Crippen LogP contribution is 2.56. The lowest BCUT2D eigenvalue weighted by molar-refractivity contribution is 0.768. The van der Waals surface area contributed by atoms with Crippen molar-refractivity contribution in [2.45, 2.75) is 11.8 Å². The molecule has 0 saturated carbocycles. The zero-order valence-corrected chi connectivity index (χ0v) is 27.3. The molecule has 0 heterocycles. The summed E-state index contributed by atoms with van der Waals surface area (Å²) >= 11 is 0. The quantitative estimate of drug-likeness (QED) is 0.167. The summed E-state index contributed by atoms with van der Waals surface area (Å²) in [7, 11) is 0. The van der Waals surface area contributed by atoms with Gasteiger partial charge in [-0.1, -0.05) is 194 Å². The second-order valence-corrected chi connectivity index (χ2v) is 12.7. The first-order valence-corrected chi connectivity index (χ1v) is 16.9. The van der Waals surface area contributed by atoms with Crippen LogP contribution in [0.4, 0.5) is 0 Å². The van der Waals surface area contributed by atoms with E-state index in [2.05, 4.69) is 200 Å². The van der Waals surface area contributed by atoms with E-state index in [0.717, 1.165) is 28.8 Å². The molecular formula is C48H37N. The fraction of sp³-hybridized carbons (Fsp3) is 0.0417. The third-order valence-corrected chi connectivity index (χ3v) is 9.85. The number of hydrogen-bond donors (Lipinski definition) is 1. The van der Waals surface area contributed by atoms with Gasteiger partial charge in [-0.2, -0.15) is 0 Å². The van der Waals surface area contributed by atoms with Crippen LogP contribution in [0.2, 0.25) is 0 Å². The van der Waals surface area contributed by atoms with Gasteiger partial charge < -0.3 is 5.73 Å². The molecular weight excluding hydrogens is 591 g/mol. The summed E-state index contributed by atoms with van der Waals surface area (Å²) in [5.74, 6) is 0. The first-order chi connectivity index (χ1) is 24.2. The Bertz CT molecular complexity index is 2220. The Balaban J connectivity index is 1.23. The molecule has 0 saturated heterocycles. The van der Waals surface area contributed by atoms with E-state index in [-0.39, 0.29) is 0 Å². The largest absolute Gasteiger partial charge is 0.398 e. The molecule has 1 heteroatoms. The number of fused-ring (bicyclic) bond motifs is 3. The van der Waals surface area contributed by atoms with Crippen molar-refractivity contribution in [1.29, 1.82) is 0 Å². The molecule has 0 fully saturated rings. The summed E-state index contributed by atoms with van der Waals surface area (Å²) in [4.78, 5) is 0. The molecule has 1 nitrogen and oxygen atoms in total. The predicted molar refractivity (Wildman–Crippen MR) is 206 cm³/mol. The Morgan fingerprint density at radius 1 is 0.449 bits per heavy atom. The van der Waals surface area contributed by atoms with E-state index in [4.69, 9.17) is 5.73 Å². The second kappa shape index (κ2) is 13.1. The minimum Gasteiger partial charge on any atom is -0.398 e. The topological polar surface area (TPSA) is 26.0 Å². The van der Waals surface area contributed by atoms with Crippen LogP contribution in [0, 0.1) is 0 Å². The minimum absolute atomic E-state index is 0.468. The fourth-order valence-corrected chi connectivity index (χ4v) is 7.46. The van der Waals surface area contributed by atoms with E-state index in [1.165, 1.54) is 50.1 Å². The number of hydrogen-bond acceptors (Lipinski definition) is 1. The molecule has 1 aliphatic carbocycles. The molecule has 234 valence electrons. The van der Waals surface area contributed by atoms with Crippen LogP contribution >= 0.6 is 0 Å². The average Bonchev–Trinajstić information content (AvgIpc) is 3.49. The van der Waals surface area contributed by atoms with Crippen LogP contribution in [-0.2, 0) is 11.8 Å². The molecule has 0 spiro atoms. The molecule has 8 rings (SSSR count). The number of benzene rings is 7. The maximum absolute atomic E-state index is 6.90. The Labute approximate surface area is 289 Å². The number of allylic oxidation sites excluding steroid dienone is 3. The summed E-state index contributed by atoms with van der Waals surface area (Å²) in [6, 6.07) is 67.4. The van der Waals surface area contributed by atoms with Crippen LogP contribution in [0.25, 0.3) is 33.5 Å². The van der Waals surface area contributed by atoms with Crippen molar-refractivity contribution < 1.29 is 0 Å². The monoisotopic (exact) mass is 627 g/mol. The SMILES string of the molecule is N/C(=C\C(=C/Cc1ccccc1)c1ccccc1)c1ccc(C2(c3ccc(-c4ccccc4)cc3)c3ccccc3-c3ccccc32)cc1. The van der Waals surface area contributed by atoms with Crippen molar-refractivity contribution in [3.8, 4) is 22.3 Å². The maximum atomic E-state index is 6.90. The smallest absolute Gasteiger partial charge is 0.0713 e. The van der Waals surface area contributed by atoms with Gasteiger partial charge in [0.2, 0.25) is 0 Å². The van der Waals surface area contributed by atoms with Crippen LogP contribution in [0.15, 0.2) is 200 Å². The highest BCUT2D eigenvalue weighted by atomic mass is 14.6. The van der Waals surface area contributed by atoms with E-state index < -0.39 is 5.41 Å². The van der Waals surface area contributed by atoms with E-state index in [1.54, 1.807) is 0 Å². The zero-order chi connectivity index (χ0) is 33.0. The van der Waals surface area contributed by atoms with E-state index in [0.29, 0.717) is 0 Å². The molecule has 0 aromatic heterocycles. The summed E-state index contributed by atoms with van der Waals surface area (Å²) in [5.41, 5.74) is 21.8. The molecule has 49 heavy (non-hydrogen) atoms. The van der Waals surface area contributed by atoms with Gasteiger partial charge in [-0.3, -0.25) is 0 Å². The first-order valence-electron chi connectivity index (χ1n) is 16.9. The lowest BCUT2D eigenvalue weighted by Crippen LogP contribution is -2.28. The maximum Gasteiger partial charge on any atom is 0.0713 e. The first kappa shape index (κ1) is 30.2. The molecule has 0 bridgehead atoms. The highest BCUT2D eigenvalue weighted by molar-refractivity contribution is 5.87.